The van der Waals surface area contributed by atoms with Crippen molar-refractivity contribution in [2.24, 2.45) is 5.92 Å². The summed E-state index contributed by atoms with van der Waals surface area (Å²) in [7, 11) is 0. The number of rotatable bonds is 4. The van der Waals surface area contributed by atoms with E-state index in [2.05, 4.69) is 0 Å². The molecule has 0 spiro atoms. The third-order valence-corrected chi connectivity index (χ3v) is 1.94. The lowest BCUT2D eigenvalue weighted by Crippen LogP contribution is -2.44. The number of aliphatic hydroxyl groups is 1. The van der Waals surface area contributed by atoms with Crippen molar-refractivity contribution in [1.29, 1.82) is 0 Å². The third-order valence-electron chi connectivity index (χ3n) is 1.94. The Morgan fingerprint density at radius 1 is 1.00 bits per heavy atom. The Morgan fingerprint density at radius 2 is 1.40 bits per heavy atom. The van der Waals surface area contributed by atoms with Crippen LogP contribution in [0.15, 0.2) is 0 Å². The highest BCUT2D eigenvalue weighted by molar-refractivity contribution is 4.82. The minimum absolute atomic E-state index is 0.129. The van der Waals surface area contributed by atoms with Crippen LogP contribution in [-0.4, -0.2) is 23.6 Å². The summed E-state index contributed by atoms with van der Waals surface area (Å²) in [6.45, 7) is 1.61. The third kappa shape index (κ3) is 4.72. The first-order valence-corrected chi connectivity index (χ1v) is 4.42. The summed E-state index contributed by atoms with van der Waals surface area (Å²) in [5.41, 5.74) is 0. The monoisotopic (exact) mass is 238 g/mol. The van der Waals surface area contributed by atoms with E-state index in [-0.39, 0.29) is 6.42 Å². The van der Waals surface area contributed by atoms with Crippen molar-refractivity contribution in [2.45, 2.75) is 44.6 Å². The Balaban J connectivity index is 4.65. The molecule has 0 aliphatic heterocycles. The standard InChI is InChI=1S/C8H12F6O/c1-2-3-4-5(15)6(7(9,10)11)8(12,13)14/h5-6,15H,2-4H2,1H3. The summed E-state index contributed by atoms with van der Waals surface area (Å²) < 4.78 is 72.1. The van der Waals surface area contributed by atoms with Crippen LogP contribution >= 0.6 is 0 Å². The van der Waals surface area contributed by atoms with Crippen molar-refractivity contribution < 1.29 is 31.4 Å². The molecule has 0 fully saturated rings. The molecule has 0 aromatic carbocycles. The summed E-state index contributed by atoms with van der Waals surface area (Å²) in [5, 5.41) is 8.87. The molecule has 15 heavy (non-hydrogen) atoms. The first kappa shape index (κ1) is 14.5. The molecule has 0 heterocycles. The van der Waals surface area contributed by atoms with Crippen molar-refractivity contribution in [3.8, 4) is 0 Å². The number of hydrogen-bond donors (Lipinski definition) is 1. The highest BCUT2D eigenvalue weighted by Crippen LogP contribution is 2.42. The fourth-order valence-corrected chi connectivity index (χ4v) is 1.20. The molecular weight excluding hydrogens is 226 g/mol. The molecule has 7 heteroatoms. The molecule has 0 bridgehead atoms. The Morgan fingerprint density at radius 3 is 1.67 bits per heavy atom. The smallest absolute Gasteiger partial charge is 0.392 e. The number of alkyl halides is 6. The van der Waals surface area contributed by atoms with E-state index in [1.165, 1.54) is 0 Å². The second kappa shape index (κ2) is 5.05. The Kier molecular flexibility index (Phi) is 4.89. The Hall–Kier alpha value is -0.460. The predicted molar refractivity (Wildman–Crippen MR) is 41.1 cm³/mol. The van der Waals surface area contributed by atoms with Gasteiger partial charge in [-0.05, 0) is 6.42 Å². The minimum Gasteiger partial charge on any atom is -0.392 e. The van der Waals surface area contributed by atoms with Gasteiger partial charge in [0.2, 0.25) is 0 Å². The molecule has 0 rings (SSSR count). The number of halogens is 6. The molecule has 1 atom stereocenters. The van der Waals surface area contributed by atoms with Crippen LogP contribution in [-0.2, 0) is 0 Å². The summed E-state index contributed by atoms with van der Waals surface area (Å²) >= 11 is 0. The van der Waals surface area contributed by atoms with Crippen LogP contribution < -0.4 is 0 Å². The second-order valence-electron chi connectivity index (χ2n) is 3.27. The van der Waals surface area contributed by atoms with Gasteiger partial charge in [-0.3, -0.25) is 0 Å². The van der Waals surface area contributed by atoms with Gasteiger partial charge in [-0.2, -0.15) is 26.3 Å². The van der Waals surface area contributed by atoms with Crippen LogP contribution in [0.5, 0.6) is 0 Å². The van der Waals surface area contributed by atoms with Crippen molar-refractivity contribution in [3.63, 3.8) is 0 Å². The minimum atomic E-state index is -5.45. The van der Waals surface area contributed by atoms with Crippen LogP contribution in [0, 0.1) is 5.92 Å². The quantitative estimate of drug-likeness (QED) is 0.745. The molecule has 0 radical (unpaired) electrons. The van der Waals surface area contributed by atoms with Crippen LogP contribution in [0.3, 0.4) is 0 Å². The molecule has 1 N–H and O–H groups in total. The SMILES string of the molecule is CCCCC(O)C(C(F)(F)F)C(F)(F)F. The molecule has 0 amide bonds. The van der Waals surface area contributed by atoms with Crippen molar-refractivity contribution in [1.82, 2.24) is 0 Å². The van der Waals surface area contributed by atoms with Gasteiger partial charge in [0.15, 0.2) is 5.92 Å². The molecule has 0 saturated carbocycles. The zero-order valence-corrected chi connectivity index (χ0v) is 7.99. The fraction of sp³-hybridized carbons (Fsp3) is 1.00. The first-order valence-electron chi connectivity index (χ1n) is 4.42. The number of unbranched alkanes of at least 4 members (excludes halogenated alkanes) is 1. The molecule has 0 aliphatic carbocycles. The van der Waals surface area contributed by atoms with Gasteiger partial charge in [-0.1, -0.05) is 19.8 Å². The van der Waals surface area contributed by atoms with Crippen LogP contribution in [0.4, 0.5) is 26.3 Å². The lowest BCUT2D eigenvalue weighted by atomic mass is 9.96. The largest absolute Gasteiger partial charge is 0.403 e. The Bertz CT molecular complexity index is 171. The number of hydrogen-bond acceptors (Lipinski definition) is 1. The molecule has 0 aromatic rings. The topological polar surface area (TPSA) is 20.2 Å². The second-order valence-corrected chi connectivity index (χ2v) is 3.27. The van der Waals surface area contributed by atoms with Gasteiger partial charge in [0.1, 0.15) is 0 Å². The molecule has 0 saturated heterocycles. The summed E-state index contributed by atoms with van der Waals surface area (Å²) in [4.78, 5) is 0. The maximum absolute atomic E-state index is 12.0. The van der Waals surface area contributed by atoms with Crippen molar-refractivity contribution in [2.75, 3.05) is 0 Å². The van der Waals surface area contributed by atoms with E-state index in [9.17, 15) is 26.3 Å². The van der Waals surface area contributed by atoms with Crippen LogP contribution in [0.2, 0.25) is 0 Å². The van der Waals surface area contributed by atoms with Gasteiger partial charge in [0.05, 0.1) is 6.10 Å². The van der Waals surface area contributed by atoms with E-state index in [0.29, 0.717) is 6.42 Å². The molecule has 0 aliphatic rings. The van der Waals surface area contributed by atoms with Gasteiger partial charge >= 0.3 is 12.4 Å². The van der Waals surface area contributed by atoms with Gasteiger partial charge in [-0.15, -0.1) is 0 Å². The molecular formula is C8H12F6O. The first-order chi connectivity index (χ1) is 6.60. The maximum Gasteiger partial charge on any atom is 0.403 e. The average Bonchev–Trinajstić information content (AvgIpc) is 1.94. The van der Waals surface area contributed by atoms with E-state index >= 15 is 0 Å². The van der Waals surface area contributed by atoms with E-state index in [0.717, 1.165) is 0 Å². The lowest BCUT2D eigenvalue weighted by molar-refractivity contribution is -0.306. The molecule has 1 nitrogen and oxygen atoms in total. The van der Waals surface area contributed by atoms with Crippen LogP contribution in [0.25, 0.3) is 0 Å². The zero-order chi connectivity index (χ0) is 12.3. The summed E-state index contributed by atoms with van der Waals surface area (Å²) in [5.74, 6) is -3.64. The van der Waals surface area contributed by atoms with Gasteiger partial charge in [-0.25, -0.2) is 0 Å². The highest BCUT2D eigenvalue weighted by Gasteiger charge is 2.59. The normalized spacial score (nSPS) is 15.8. The average molecular weight is 238 g/mol. The van der Waals surface area contributed by atoms with Crippen molar-refractivity contribution >= 4 is 0 Å². The van der Waals surface area contributed by atoms with E-state index in [4.69, 9.17) is 5.11 Å². The zero-order valence-electron chi connectivity index (χ0n) is 7.99. The summed E-state index contributed by atoms with van der Waals surface area (Å²) in [6, 6.07) is 0. The fourth-order valence-electron chi connectivity index (χ4n) is 1.20. The van der Waals surface area contributed by atoms with Crippen molar-refractivity contribution in [3.05, 3.63) is 0 Å². The molecule has 0 aromatic heterocycles. The van der Waals surface area contributed by atoms with E-state index in [1.54, 1.807) is 6.92 Å². The summed E-state index contributed by atoms with van der Waals surface area (Å²) in [6.07, 6.45) is -13.3. The van der Waals surface area contributed by atoms with Gasteiger partial charge in [0, 0.05) is 0 Å². The van der Waals surface area contributed by atoms with Crippen LogP contribution in [0.1, 0.15) is 26.2 Å². The van der Waals surface area contributed by atoms with E-state index in [1.807, 2.05) is 0 Å². The predicted octanol–water partition coefficient (Wildman–Crippen LogP) is 3.28. The molecule has 1 unspecified atom stereocenters. The maximum atomic E-state index is 12.0. The molecule has 92 valence electrons. The van der Waals surface area contributed by atoms with Gasteiger partial charge < -0.3 is 5.11 Å². The lowest BCUT2D eigenvalue weighted by Gasteiger charge is -2.27. The highest BCUT2D eigenvalue weighted by atomic mass is 19.4. The van der Waals surface area contributed by atoms with Gasteiger partial charge in [0.25, 0.3) is 0 Å². The van der Waals surface area contributed by atoms with E-state index < -0.39 is 30.8 Å². The Labute approximate surface area is 83.1 Å². The number of aliphatic hydroxyl groups excluding tert-OH is 1.